The molecular formula is C10H11ClN2O2. The van der Waals surface area contributed by atoms with Crippen molar-refractivity contribution < 1.29 is 9.52 Å². The summed E-state index contributed by atoms with van der Waals surface area (Å²) in [6, 6.07) is 1.70. The average Bonchev–Trinajstić information content (AvgIpc) is 2.85. The molecule has 2 aromatic rings. The molecule has 1 N–H and O–H groups in total. The molecule has 5 heteroatoms. The van der Waals surface area contributed by atoms with Gasteiger partial charge in [0.25, 0.3) is 0 Å². The number of rotatable bonds is 3. The summed E-state index contributed by atoms with van der Waals surface area (Å²) in [5.74, 6) is 0. The number of halogens is 1. The van der Waals surface area contributed by atoms with Crippen molar-refractivity contribution in [3.8, 4) is 0 Å². The van der Waals surface area contributed by atoms with Crippen LogP contribution in [0.3, 0.4) is 0 Å². The largest absolute Gasteiger partial charge is 0.472 e. The van der Waals surface area contributed by atoms with Gasteiger partial charge in [0.15, 0.2) is 0 Å². The number of aryl methyl sites for hydroxylation is 1. The van der Waals surface area contributed by atoms with Crippen LogP contribution < -0.4 is 0 Å². The molecule has 4 nitrogen and oxygen atoms in total. The molecule has 1 atom stereocenters. The zero-order valence-corrected chi connectivity index (χ0v) is 8.98. The number of aliphatic hydroxyl groups excluding tert-OH is 1. The number of aromatic nitrogens is 2. The number of hydrogen-bond acceptors (Lipinski definition) is 3. The van der Waals surface area contributed by atoms with Crippen LogP contribution in [0.1, 0.15) is 24.3 Å². The highest BCUT2D eigenvalue weighted by Crippen LogP contribution is 2.28. The molecule has 80 valence electrons. The van der Waals surface area contributed by atoms with Crippen LogP contribution in [0.2, 0.25) is 5.02 Å². The first-order valence-electron chi connectivity index (χ1n) is 4.65. The summed E-state index contributed by atoms with van der Waals surface area (Å²) in [7, 11) is 0. The van der Waals surface area contributed by atoms with Crippen LogP contribution in [0.15, 0.2) is 29.2 Å². The minimum Gasteiger partial charge on any atom is -0.472 e. The Labute approximate surface area is 92.1 Å². The SMILES string of the molecule is CCn1ncc(Cl)c1C(O)c1ccoc1. The van der Waals surface area contributed by atoms with Gasteiger partial charge in [-0.3, -0.25) is 4.68 Å². The Morgan fingerprint density at radius 3 is 3.07 bits per heavy atom. The third kappa shape index (κ3) is 1.78. The highest BCUT2D eigenvalue weighted by molar-refractivity contribution is 6.31. The topological polar surface area (TPSA) is 51.2 Å². The lowest BCUT2D eigenvalue weighted by Crippen LogP contribution is -2.08. The van der Waals surface area contributed by atoms with Crippen molar-refractivity contribution in [2.45, 2.75) is 19.6 Å². The van der Waals surface area contributed by atoms with Gasteiger partial charge in [-0.15, -0.1) is 0 Å². The molecule has 0 spiro atoms. The normalized spacial score (nSPS) is 13.0. The molecule has 0 aromatic carbocycles. The average molecular weight is 227 g/mol. The first kappa shape index (κ1) is 10.3. The summed E-state index contributed by atoms with van der Waals surface area (Å²) in [6.45, 7) is 2.60. The van der Waals surface area contributed by atoms with Gasteiger partial charge >= 0.3 is 0 Å². The molecule has 0 aliphatic carbocycles. The molecule has 1 unspecified atom stereocenters. The van der Waals surface area contributed by atoms with Gasteiger partial charge in [-0.05, 0) is 13.0 Å². The predicted octanol–water partition coefficient (Wildman–Crippen LogP) is 2.23. The van der Waals surface area contributed by atoms with Crippen LogP contribution >= 0.6 is 11.6 Å². The molecule has 0 saturated heterocycles. The van der Waals surface area contributed by atoms with Crippen molar-refractivity contribution in [3.63, 3.8) is 0 Å². The third-order valence-corrected chi connectivity index (χ3v) is 2.54. The number of nitrogens with zero attached hydrogens (tertiary/aromatic N) is 2. The van der Waals surface area contributed by atoms with Gasteiger partial charge in [-0.25, -0.2) is 0 Å². The Morgan fingerprint density at radius 2 is 2.47 bits per heavy atom. The fraction of sp³-hybridized carbons (Fsp3) is 0.300. The van der Waals surface area contributed by atoms with E-state index in [4.69, 9.17) is 16.0 Å². The Bertz CT molecular complexity index is 436. The fourth-order valence-electron chi connectivity index (χ4n) is 1.48. The van der Waals surface area contributed by atoms with Crippen molar-refractivity contribution >= 4 is 11.6 Å². The van der Waals surface area contributed by atoms with Gasteiger partial charge in [0.2, 0.25) is 0 Å². The van der Waals surface area contributed by atoms with Crippen molar-refractivity contribution in [3.05, 3.63) is 41.1 Å². The highest BCUT2D eigenvalue weighted by atomic mass is 35.5. The van der Waals surface area contributed by atoms with Crippen molar-refractivity contribution in [2.75, 3.05) is 0 Å². The predicted molar refractivity (Wildman–Crippen MR) is 55.7 cm³/mol. The second-order valence-corrected chi connectivity index (χ2v) is 3.56. The summed E-state index contributed by atoms with van der Waals surface area (Å²) in [5, 5.41) is 14.6. The number of furan rings is 1. The quantitative estimate of drug-likeness (QED) is 0.873. The molecule has 0 aliphatic heterocycles. The highest BCUT2D eigenvalue weighted by Gasteiger charge is 2.19. The summed E-state index contributed by atoms with van der Waals surface area (Å²) < 4.78 is 6.58. The maximum absolute atomic E-state index is 10.1. The summed E-state index contributed by atoms with van der Waals surface area (Å²) in [5.41, 5.74) is 1.27. The van der Waals surface area contributed by atoms with E-state index in [9.17, 15) is 5.11 Å². The second-order valence-electron chi connectivity index (χ2n) is 3.15. The monoisotopic (exact) mass is 226 g/mol. The lowest BCUT2D eigenvalue weighted by Gasteiger charge is -2.10. The Balaban J connectivity index is 2.40. The molecule has 2 aromatic heterocycles. The molecule has 0 saturated carbocycles. The molecular weight excluding hydrogens is 216 g/mol. The van der Waals surface area contributed by atoms with Gasteiger partial charge in [0.05, 0.1) is 29.4 Å². The smallest absolute Gasteiger partial charge is 0.125 e. The molecule has 2 heterocycles. The first-order chi connectivity index (χ1) is 7.24. The number of hydrogen-bond donors (Lipinski definition) is 1. The zero-order valence-electron chi connectivity index (χ0n) is 8.22. The standard InChI is InChI=1S/C10H11ClN2O2/c1-2-13-9(8(11)5-12-13)10(14)7-3-4-15-6-7/h3-6,10,14H,2H2,1H3. The molecule has 0 aliphatic rings. The van der Waals surface area contributed by atoms with Crippen LogP contribution in [0, 0.1) is 0 Å². The second kappa shape index (κ2) is 4.08. The van der Waals surface area contributed by atoms with E-state index in [1.807, 2.05) is 6.92 Å². The van der Waals surface area contributed by atoms with E-state index in [1.165, 1.54) is 18.7 Å². The molecule has 0 amide bonds. The maximum Gasteiger partial charge on any atom is 0.125 e. The minimum absolute atomic E-state index is 0.463. The Morgan fingerprint density at radius 1 is 1.67 bits per heavy atom. The van der Waals surface area contributed by atoms with Crippen molar-refractivity contribution in [1.82, 2.24) is 9.78 Å². The Hall–Kier alpha value is -1.26. The van der Waals surface area contributed by atoms with Crippen LogP contribution in [-0.2, 0) is 6.54 Å². The van der Waals surface area contributed by atoms with E-state index in [0.29, 0.717) is 22.8 Å². The van der Waals surface area contributed by atoms with Gasteiger partial charge in [-0.2, -0.15) is 5.10 Å². The van der Waals surface area contributed by atoms with E-state index in [1.54, 1.807) is 10.7 Å². The minimum atomic E-state index is -0.793. The van der Waals surface area contributed by atoms with E-state index >= 15 is 0 Å². The van der Waals surface area contributed by atoms with E-state index in [0.717, 1.165) is 0 Å². The zero-order chi connectivity index (χ0) is 10.8. The summed E-state index contributed by atoms with van der Waals surface area (Å²) in [4.78, 5) is 0. The van der Waals surface area contributed by atoms with E-state index < -0.39 is 6.10 Å². The third-order valence-electron chi connectivity index (χ3n) is 2.25. The van der Waals surface area contributed by atoms with Crippen molar-refractivity contribution in [1.29, 1.82) is 0 Å². The maximum atomic E-state index is 10.1. The van der Waals surface area contributed by atoms with Gasteiger partial charge in [0, 0.05) is 12.1 Å². The first-order valence-corrected chi connectivity index (χ1v) is 5.03. The van der Waals surface area contributed by atoms with Crippen LogP contribution in [0.5, 0.6) is 0 Å². The van der Waals surface area contributed by atoms with Crippen LogP contribution in [0.4, 0.5) is 0 Å². The summed E-state index contributed by atoms with van der Waals surface area (Å²) >= 11 is 5.96. The number of aliphatic hydroxyl groups is 1. The Kier molecular flexibility index (Phi) is 2.79. The van der Waals surface area contributed by atoms with E-state index in [2.05, 4.69) is 5.10 Å². The van der Waals surface area contributed by atoms with Gasteiger partial charge in [0.1, 0.15) is 6.10 Å². The lowest BCUT2D eigenvalue weighted by molar-refractivity contribution is 0.207. The van der Waals surface area contributed by atoms with E-state index in [-0.39, 0.29) is 0 Å². The molecule has 2 rings (SSSR count). The van der Waals surface area contributed by atoms with Crippen LogP contribution in [0.25, 0.3) is 0 Å². The lowest BCUT2D eigenvalue weighted by atomic mass is 10.1. The van der Waals surface area contributed by atoms with Crippen LogP contribution in [-0.4, -0.2) is 14.9 Å². The molecule has 0 fully saturated rings. The molecule has 0 bridgehead atoms. The van der Waals surface area contributed by atoms with Gasteiger partial charge in [-0.1, -0.05) is 11.6 Å². The molecule has 0 radical (unpaired) electrons. The van der Waals surface area contributed by atoms with Crippen molar-refractivity contribution in [2.24, 2.45) is 0 Å². The van der Waals surface area contributed by atoms with Gasteiger partial charge < -0.3 is 9.52 Å². The summed E-state index contributed by atoms with van der Waals surface area (Å²) in [6.07, 6.45) is 3.75. The fourth-order valence-corrected chi connectivity index (χ4v) is 1.73. The molecule has 15 heavy (non-hydrogen) atoms.